The van der Waals surface area contributed by atoms with E-state index in [1.807, 2.05) is 18.2 Å². The van der Waals surface area contributed by atoms with Crippen LogP contribution in [-0.2, 0) is 6.42 Å². The molecule has 0 spiro atoms. The van der Waals surface area contributed by atoms with Crippen molar-refractivity contribution in [3.05, 3.63) is 53.7 Å². The minimum atomic E-state index is -0.234. The molecule has 0 aliphatic rings. The van der Waals surface area contributed by atoms with E-state index in [0.717, 1.165) is 17.7 Å². The number of amides is 1. The van der Waals surface area contributed by atoms with Gasteiger partial charge in [0, 0.05) is 11.1 Å². The summed E-state index contributed by atoms with van der Waals surface area (Å²) in [5, 5.41) is 10.6. The fourth-order valence-electron chi connectivity index (χ4n) is 3.21. The Kier molecular flexibility index (Phi) is 6.61. The minimum absolute atomic E-state index is 0.234. The molecule has 7 nitrogen and oxygen atoms in total. The monoisotopic (exact) mass is 409 g/mol. The van der Waals surface area contributed by atoms with Gasteiger partial charge in [-0.1, -0.05) is 19.9 Å². The summed E-state index contributed by atoms with van der Waals surface area (Å²) in [6.45, 7) is 4.23. The molecule has 0 radical (unpaired) electrons. The van der Waals surface area contributed by atoms with E-state index >= 15 is 0 Å². The van der Waals surface area contributed by atoms with E-state index < -0.39 is 0 Å². The number of aromatic amines is 1. The quantitative estimate of drug-likeness (QED) is 0.570. The van der Waals surface area contributed by atoms with Crippen molar-refractivity contribution in [3.8, 4) is 28.5 Å². The molecular formula is C23H27N3O4. The normalized spacial score (nSPS) is 10.7. The molecule has 158 valence electrons. The predicted octanol–water partition coefficient (Wildman–Crippen LogP) is 4.55. The van der Waals surface area contributed by atoms with Gasteiger partial charge in [-0.3, -0.25) is 9.89 Å². The van der Waals surface area contributed by atoms with Crippen molar-refractivity contribution in [2.45, 2.75) is 20.3 Å². The number of nitrogens with one attached hydrogen (secondary N) is 2. The fraction of sp³-hybridized carbons (Fsp3) is 0.304. The maximum Gasteiger partial charge on any atom is 0.255 e. The number of benzene rings is 2. The third kappa shape index (κ3) is 4.56. The molecule has 1 heterocycles. The Bertz CT molecular complexity index is 1030. The average molecular weight is 409 g/mol. The maximum absolute atomic E-state index is 13.0. The second kappa shape index (κ2) is 9.35. The van der Waals surface area contributed by atoms with Gasteiger partial charge < -0.3 is 19.5 Å². The van der Waals surface area contributed by atoms with Gasteiger partial charge in [0.25, 0.3) is 5.91 Å². The van der Waals surface area contributed by atoms with E-state index in [4.69, 9.17) is 14.2 Å². The standard InChI is InChI=1S/C23H27N3O4/c1-14(2)11-18-22(24-23(27)16-7-6-8-17(12-16)28-3)21(26-25-18)15-9-10-19(29-4)20(13-15)30-5/h6-10,12-14H,11H2,1-5H3,(H,24,27)(H,25,26). The highest BCUT2D eigenvalue weighted by atomic mass is 16.5. The topological polar surface area (TPSA) is 85.5 Å². The second-order valence-corrected chi connectivity index (χ2v) is 7.28. The second-order valence-electron chi connectivity index (χ2n) is 7.28. The van der Waals surface area contributed by atoms with Crippen molar-refractivity contribution in [2.75, 3.05) is 26.6 Å². The van der Waals surface area contributed by atoms with Crippen molar-refractivity contribution in [1.29, 1.82) is 0 Å². The number of rotatable bonds is 8. The van der Waals surface area contributed by atoms with E-state index in [1.165, 1.54) is 0 Å². The molecule has 2 aromatic carbocycles. The van der Waals surface area contributed by atoms with Gasteiger partial charge in [0.05, 0.1) is 32.7 Å². The number of methoxy groups -OCH3 is 3. The molecule has 0 aliphatic carbocycles. The molecule has 1 aromatic heterocycles. The van der Waals surface area contributed by atoms with Gasteiger partial charge in [0.1, 0.15) is 11.4 Å². The Morgan fingerprint density at radius 1 is 1.03 bits per heavy atom. The summed E-state index contributed by atoms with van der Waals surface area (Å²) < 4.78 is 16.0. The van der Waals surface area contributed by atoms with Crippen LogP contribution in [0.1, 0.15) is 29.9 Å². The van der Waals surface area contributed by atoms with Gasteiger partial charge >= 0.3 is 0 Å². The van der Waals surface area contributed by atoms with Gasteiger partial charge in [-0.25, -0.2) is 0 Å². The molecule has 0 aliphatic heterocycles. The van der Waals surface area contributed by atoms with Crippen LogP contribution in [0.2, 0.25) is 0 Å². The number of aromatic nitrogens is 2. The first-order chi connectivity index (χ1) is 14.5. The fourth-order valence-corrected chi connectivity index (χ4v) is 3.21. The lowest BCUT2D eigenvalue weighted by atomic mass is 10.0. The lowest BCUT2D eigenvalue weighted by Crippen LogP contribution is -2.14. The molecule has 3 aromatic rings. The molecule has 0 saturated carbocycles. The summed E-state index contributed by atoms with van der Waals surface area (Å²) in [7, 11) is 4.75. The number of anilines is 1. The van der Waals surface area contributed by atoms with Crippen LogP contribution < -0.4 is 19.5 Å². The number of nitrogens with zero attached hydrogens (tertiary/aromatic N) is 1. The first kappa shape index (κ1) is 21.2. The zero-order valence-corrected chi connectivity index (χ0v) is 17.9. The zero-order chi connectivity index (χ0) is 21.7. The van der Waals surface area contributed by atoms with Crippen molar-refractivity contribution in [2.24, 2.45) is 5.92 Å². The molecule has 0 fully saturated rings. The van der Waals surface area contributed by atoms with Crippen LogP contribution in [-0.4, -0.2) is 37.4 Å². The molecule has 0 atom stereocenters. The molecule has 7 heteroatoms. The Balaban J connectivity index is 2.01. The lowest BCUT2D eigenvalue weighted by Gasteiger charge is -2.12. The first-order valence-corrected chi connectivity index (χ1v) is 9.71. The lowest BCUT2D eigenvalue weighted by molar-refractivity contribution is 0.102. The Morgan fingerprint density at radius 2 is 1.80 bits per heavy atom. The number of hydrogen-bond donors (Lipinski definition) is 2. The molecule has 3 rings (SSSR count). The highest BCUT2D eigenvalue weighted by molar-refractivity contribution is 6.06. The van der Waals surface area contributed by atoms with E-state index in [1.54, 1.807) is 45.6 Å². The van der Waals surface area contributed by atoms with Crippen LogP contribution in [0, 0.1) is 5.92 Å². The molecule has 2 N–H and O–H groups in total. The van der Waals surface area contributed by atoms with E-state index in [9.17, 15) is 4.79 Å². The number of ether oxygens (including phenoxy) is 3. The van der Waals surface area contributed by atoms with Crippen LogP contribution in [0.4, 0.5) is 5.69 Å². The average Bonchev–Trinajstić information content (AvgIpc) is 3.14. The summed E-state index contributed by atoms with van der Waals surface area (Å²) in [4.78, 5) is 13.0. The predicted molar refractivity (Wildman–Crippen MR) is 117 cm³/mol. The Hall–Kier alpha value is -3.48. The Labute approximate surface area is 176 Å². The third-order valence-corrected chi connectivity index (χ3v) is 4.68. The summed E-state index contributed by atoms with van der Waals surface area (Å²) in [5.74, 6) is 1.99. The van der Waals surface area contributed by atoms with Crippen LogP contribution in [0.3, 0.4) is 0 Å². The number of hydrogen-bond acceptors (Lipinski definition) is 5. The van der Waals surface area contributed by atoms with Crippen LogP contribution in [0.5, 0.6) is 17.2 Å². The van der Waals surface area contributed by atoms with Gasteiger partial charge in [-0.15, -0.1) is 0 Å². The molecule has 0 bridgehead atoms. The van der Waals surface area contributed by atoms with Crippen molar-refractivity contribution in [1.82, 2.24) is 10.2 Å². The zero-order valence-electron chi connectivity index (χ0n) is 17.9. The minimum Gasteiger partial charge on any atom is -0.497 e. The largest absolute Gasteiger partial charge is 0.497 e. The summed E-state index contributed by atoms with van der Waals surface area (Å²) in [6.07, 6.45) is 0.744. The van der Waals surface area contributed by atoms with Crippen molar-refractivity contribution < 1.29 is 19.0 Å². The van der Waals surface area contributed by atoms with Crippen molar-refractivity contribution in [3.63, 3.8) is 0 Å². The smallest absolute Gasteiger partial charge is 0.255 e. The van der Waals surface area contributed by atoms with Crippen LogP contribution in [0.25, 0.3) is 11.3 Å². The number of H-pyrrole nitrogens is 1. The van der Waals surface area contributed by atoms with Gasteiger partial charge in [0.2, 0.25) is 0 Å². The van der Waals surface area contributed by atoms with Crippen LogP contribution >= 0.6 is 0 Å². The molecule has 30 heavy (non-hydrogen) atoms. The highest BCUT2D eigenvalue weighted by Crippen LogP contribution is 2.36. The third-order valence-electron chi connectivity index (χ3n) is 4.68. The summed E-state index contributed by atoms with van der Waals surface area (Å²) in [5.41, 5.74) is 3.47. The molecular weight excluding hydrogens is 382 g/mol. The molecule has 0 saturated heterocycles. The van der Waals surface area contributed by atoms with Gasteiger partial charge in [0.15, 0.2) is 11.5 Å². The highest BCUT2D eigenvalue weighted by Gasteiger charge is 2.20. The van der Waals surface area contributed by atoms with E-state index in [-0.39, 0.29) is 5.91 Å². The van der Waals surface area contributed by atoms with Crippen molar-refractivity contribution >= 4 is 11.6 Å². The molecule has 1 amide bonds. The van der Waals surface area contributed by atoms with E-state index in [2.05, 4.69) is 29.4 Å². The summed E-state index contributed by atoms with van der Waals surface area (Å²) in [6, 6.07) is 12.6. The van der Waals surface area contributed by atoms with E-state index in [0.29, 0.717) is 40.1 Å². The number of carbonyl (C=O) groups excluding carboxylic acids is 1. The van der Waals surface area contributed by atoms with Gasteiger partial charge in [-0.05, 0) is 48.7 Å². The Morgan fingerprint density at radius 3 is 2.47 bits per heavy atom. The maximum atomic E-state index is 13.0. The van der Waals surface area contributed by atoms with Gasteiger partial charge in [-0.2, -0.15) is 5.10 Å². The van der Waals surface area contributed by atoms with Crippen LogP contribution in [0.15, 0.2) is 42.5 Å². The first-order valence-electron chi connectivity index (χ1n) is 9.71. The number of carbonyl (C=O) groups is 1. The summed E-state index contributed by atoms with van der Waals surface area (Å²) >= 11 is 0. The SMILES string of the molecule is COc1cccc(C(=O)Nc2c(-c3ccc(OC)c(OC)c3)n[nH]c2CC(C)C)c1. The molecule has 0 unspecified atom stereocenters.